The summed E-state index contributed by atoms with van der Waals surface area (Å²) in [6, 6.07) is 24.1. The van der Waals surface area contributed by atoms with E-state index in [1.807, 2.05) is 72.8 Å². The monoisotopic (exact) mass is 509 g/mol. The van der Waals surface area contributed by atoms with Crippen LogP contribution >= 0.6 is 0 Å². The van der Waals surface area contributed by atoms with Crippen LogP contribution in [0.1, 0.15) is 16.7 Å². The molecule has 3 rings (SSSR count). The summed E-state index contributed by atoms with van der Waals surface area (Å²) in [5, 5.41) is 56.5. The zero-order valence-electron chi connectivity index (χ0n) is 21.2. The molecule has 37 heavy (non-hydrogen) atoms. The molecule has 3 aromatic rings. The first kappa shape index (κ1) is 28.8. The molecule has 0 unspecified atom stereocenters. The van der Waals surface area contributed by atoms with Crippen LogP contribution in [0.2, 0.25) is 0 Å². The highest BCUT2D eigenvalue weighted by Crippen LogP contribution is 2.35. The third kappa shape index (κ3) is 8.10. The molecule has 0 atom stereocenters. The van der Waals surface area contributed by atoms with E-state index in [0.717, 1.165) is 33.8 Å². The molecule has 0 saturated heterocycles. The number of benzene rings is 3. The van der Waals surface area contributed by atoms with Crippen molar-refractivity contribution >= 4 is 17.1 Å². The molecule has 3 aromatic carbocycles. The predicted octanol–water partition coefficient (Wildman–Crippen LogP) is 2.59. The molecule has 0 aliphatic rings. The van der Waals surface area contributed by atoms with Crippen molar-refractivity contribution in [3.05, 3.63) is 89.5 Å². The lowest BCUT2D eigenvalue weighted by molar-refractivity contribution is 0.150. The van der Waals surface area contributed by atoms with Crippen molar-refractivity contribution in [2.75, 3.05) is 44.5 Å². The predicted molar refractivity (Wildman–Crippen MR) is 145 cm³/mol. The number of aliphatic hydroxyl groups is 6. The van der Waals surface area contributed by atoms with E-state index < -0.39 is 0 Å². The third-order valence-corrected chi connectivity index (χ3v) is 6.71. The molecule has 0 bridgehead atoms. The summed E-state index contributed by atoms with van der Waals surface area (Å²) in [7, 11) is 0. The summed E-state index contributed by atoms with van der Waals surface area (Å²) >= 11 is 0. The van der Waals surface area contributed by atoms with Crippen molar-refractivity contribution in [2.45, 2.75) is 19.3 Å². The molecule has 200 valence electrons. The molecule has 0 fully saturated rings. The molecular formula is C30H39NO6. The van der Waals surface area contributed by atoms with E-state index in [1.54, 1.807) is 0 Å². The van der Waals surface area contributed by atoms with Crippen molar-refractivity contribution < 1.29 is 30.6 Å². The number of rotatable bonds is 15. The Bertz CT molecular complexity index is 890. The van der Waals surface area contributed by atoms with E-state index in [4.69, 9.17) is 0 Å². The Hall–Kier alpha value is -2.78. The Morgan fingerprint density at radius 3 is 0.784 bits per heavy atom. The summed E-state index contributed by atoms with van der Waals surface area (Å²) in [5.74, 6) is -0.568. The van der Waals surface area contributed by atoms with Gasteiger partial charge in [-0.05, 0) is 72.4 Å². The topological polar surface area (TPSA) is 125 Å². The van der Waals surface area contributed by atoms with E-state index >= 15 is 0 Å². The van der Waals surface area contributed by atoms with E-state index in [9.17, 15) is 30.6 Å². The lowest BCUT2D eigenvalue weighted by Gasteiger charge is -2.26. The molecular weight excluding hydrogens is 470 g/mol. The Labute approximate surface area is 218 Å². The second-order valence-electron chi connectivity index (χ2n) is 9.64. The normalized spacial score (nSPS) is 11.6. The molecule has 0 amide bonds. The van der Waals surface area contributed by atoms with Gasteiger partial charge in [0.25, 0.3) is 0 Å². The Morgan fingerprint density at radius 2 is 0.595 bits per heavy atom. The molecule has 7 nitrogen and oxygen atoms in total. The summed E-state index contributed by atoms with van der Waals surface area (Å²) < 4.78 is 0. The molecule has 7 heteroatoms. The number of aliphatic hydroxyl groups excluding tert-OH is 6. The van der Waals surface area contributed by atoms with Crippen molar-refractivity contribution in [2.24, 2.45) is 17.8 Å². The van der Waals surface area contributed by atoms with Crippen molar-refractivity contribution in [1.82, 2.24) is 0 Å². The lowest BCUT2D eigenvalue weighted by atomic mass is 9.99. The van der Waals surface area contributed by atoms with Crippen LogP contribution in [-0.2, 0) is 19.3 Å². The first-order valence-electron chi connectivity index (χ1n) is 12.8. The smallest absolute Gasteiger partial charge is 0.0484 e. The van der Waals surface area contributed by atoms with Crippen LogP contribution in [0.4, 0.5) is 17.1 Å². The standard InChI is InChI=1S/C30H39NO6/c32-16-25(17-33)13-22-1-7-28(8-2-22)31(29-9-3-23(4-10-29)14-26(18-34)19-35)30-11-5-24(6-12-30)15-27(20-36)21-37/h1-12,25-27,32-37H,13-21H2. The van der Waals surface area contributed by atoms with Crippen LogP contribution in [0, 0.1) is 17.8 Å². The van der Waals surface area contributed by atoms with E-state index in [2.05, 4.69) is 4.90 Å². The highest BCUT2D eigenvalue weighted by Gasteiger charge is 2.15. The second kappa shape index (κ2) is 14.8. The summed E-state index contributed by atoms with van der Waals surface area (Å²) in [6.45, 7) is -0.393. The Balaban J connectivity index is 1.91. The van der Waals surface area contributed by atoms with Crippen LogP contribution in [0.3, 0.4) is 0 Å². The van der Waals surface area contributed by atoms with Gasteiger partial charge in [-0.2, -0.15) is 0 Å². The fourth-order valence-corrected chi connectivity index (χ4v) is 4.35. The fraction of sp³-hybridized carbons (Fsp3) is 0.400. The van der Waals surface area contributed by atoms with Gasteiger partial charge in [0.1, 0.15) is 0 Å². The van der Waals surface area contributed by atoms with Crippen molar-refractivity contribution in [3.8, 4) is 0 Å². The zero-order chi connectivity index (χ0) is 26.6. The average molecular weight is 510 g/mol. The van der Waals surface area contributed by atoms with Gasteiger partial charge in [-0.25, -0.2) is 0 Å². The molecule has 0 aromatic heterocycles. The highest BCUT2D eigenvalue weighted by atomic mass is 16.3. The Kier molecular flexibility index (Phi) is 11.5. The van der Waals surface area contributed by atoms with Crippen molar-refractivity contribution in [3.63, 3.8) is 0 Å². The van der Waals surface area contributed by atoms with Gasteiger partial charge in [0.05, 0.1) is 0 Å². The molecule has 0 saturated carbocycles. The number of anilines is 3. The first-order valence-corrected chi connectivity index (χ1v) is 12.8. The average Bonchev–Trinajstić information content (AvgIpc) is 2.95. The molecule has 0 aliphatic carbocycles. The molecule has 0 radical (unpaired) electrons. The van der Waals surface area contributed by atoms with E-state index in [0.29, 0.717) is 19.3 Å². The van der Waals surface area contributed by atoms with Gasteiger partial charge in [-0.15, -0.1) is 0 Å². The highest BCUT2D eigenvalue weighted by molar-refractivity contribution is 5.76. The zero-order valence-corrected chi connectivity index (χ0v) is 21.2. The maximum Gasteiger partial charge on any atom is 0.0484 e. The Morgan fingerprint density at radius 1 is 0.378 bits per heavy atom. The van der Waals surface area contributed by atoms with Crippen LogP contribution in [-0.4, -0.2) is 70.3 Å². The van der Waals surface area contributed by atoms with E-state index in [1.165, 1.54) is 0 Å². The van der Waals surface area contributed by atoms with Gasteiger partial charge < -0.3 is 35.5 Å². The first-order chi connectivity index (χ1) is 18.0. The molecule has 0 spiro atoms. The van der Waals surface area contributed by atoms with Gasteiger partial charge >= 0.3 is 0 Å². The summed E-state index contributed by atoms with van der Waals surface area (Å²) in [5.41, 5.74) is 5.92. The van der Waals surface area contributed by atoms with Crippen LogP contribution in [0.15, 0.2) is 72.8 Å². The maximum atomic E-state index is 9.42. The van der Waals surface area contributed by atoms with Gasteiger partial charge in [0, 0.05) is 74.5 Å². The van der Waals surface area contributed by atoms with Crippen LogP contribution < -0.4 is 4.90 Å². The van der Waals surface area contributed by atoms with E-state index in [-0.39, 0.29) is 57.4 Å². The van der Waals surface area contributed by atoms with Gasteiger partial charge in [-0.1, -0.05) is 36.4 Å². The number of hydrogen-bond acceptors (Lipinski definition) is 7. The fourth-order valence-electron chi connectivity index (χ4n) is 4.35. The maximum absolute atomic E-state index is 9.42. The summed E-state index contributed by atoms with van der Waals surface area (Å²) in [4.78, 5) is 2.12. The minimum atomic E-state index is -0.189. The molecule has 6 N–H and O–H groups in total. The van der Waals surface area contributed by atoms with Crippen molar-refractivity contribution in [1.29, 1.82) is 0 Å². The quantitative estimate of drug-likeness (QED) is 0.186. The third-order valence-electron chi connectivity index (χ3n) is 6.71. The van der Waals surface area contributed by atoms with Gasteiger partial charge in [0.15, 0.2) is 0 Å². The molecule has 0 aliphatic heterocycles. The largest absolute Gasteiger partial charge is 0.396 e. The van der Waals surface area contributed by atoms with Crippen LogP contribution in [0.25, 0.3) is 0 Å². The number of hydrogen-bond donors (Lipinski definition) is 6. The van der Waals surface area contributed by atoms with Gasteiger partial charge in [-0.3, -0.25) is 0 Å². The minimum absolute atomic E-state index is 0.0656. The number of nitrogens with zero attached hydrogens (tertiary/aromatic N) is 1. The summed E-state index contributed by atoms with van der Waals surface area (Å²) in [6.07, 6.45) is 1.76. The second-order valence-corrected chi connectivity index (χ2v) is 9.64. The minimum Gasteiger partial charge on any atom is -0.396 e. The van der Waals surface area contributed by atoms with Gasteiger partial charge in [0.2, 0.25) is 0 Å². The molecule has 0 heterocycles. The lowest BCUT2D eigenvalue weighted by Crippen LogP contribution is -2.15. The SMILES string of the molecule is OCC(CO)Cc1ccc(N(c2ccc(CC(CO)CO)cc2)c2ccc(CC(CO)CO)cc2)cc1. The van der Waals surface area contributed by atoms with Crippen LogP contribution in [0.5, 0.6) is 0 Å².